The molecule has 2 N–H and O–H groups in total. The standard InChI is InChI=1S/C17H27NO2/c1-4-16(11-12-19)18-17(20)10-7-14-5-8-15(9-6-14)13(2)3/h5-6,8-9,13,16,19H,4,7,10-12H2,1-3H3,(H,18,20). The summed E-state index contributed by atoms with van der Waals surface area (Å²) < 4.78 is 0. The normalized spacial score (nSPS) is 12.4. The van der Waals surface area contributed by atoms with Crippen LogP contribution in [0.5, 0.6) is 0 Å². The van der Waals surface area contributed by atoms with Crippen molar-refractivity contribution in [3.8, 4) is 0 Å². The average molecular weight is 277 g/mol. The minimum atomic E-state index is 0.0678. The zero-order valence-corrected chi connectivity index (χ0v) is 12.9. The van der Waals surface area contributed by atoms with Gasteiger partial charge in [-0.25, -0.2) is 0 Å². The van der Waals surface area contributed by atoms with Gasteiger partial charge in [-0.15, -0.1) is 0 Å². The molecule has 0 saturated carbocycles. The molecular formula is C17H27NO2. The highest BCUT2D eigenvalue weighted by molar-refractivity contribution is 5.76. The molecule has 0 saturated heterocycles. The summed E-state index contributed by atoms with van der Waals surface area (Å²) in [5.74, 6) is 0.606. The summed E-state index contributed by atoms with van der Waals surface area (Å²) in [6.07, 6.45) is 2.75. The van der Waals surface area contributed by atoms with Crippen molar-refractivity contribution in [1.82, 2.24) is 5.32 Å². The average Bonchev–Trinajstić information content (AvgIpc) is 2.45. The highest BCUT2D eigenvalue weighted by atomic mass is 16.3. The molecule has 1 aromatic carbocycles. The predicted octanol–water partition coefficient (Wildman–Crippen LogP) is 3.02. The highest BCUT2D eigenvalue weighted by Gasteiger charge is 2.09. The number of aliphatic hydroxyl groups excluding tert-OH is 1. The first-order valence-corrected chi connectivity index (χ1v) is 7.55. The van der Waals surface area contributed by atoms with E-state index in [1.165, 1.54) is 11.1 Å². The number of benzene rings is 1. The number of amides is 1. The van der Waals surface area contributed by atoms with Crippen LogP contribution in [0.3, 0.4) is 0 Å². The third-order valence-electron chi connectivity index (χ3n) is 3.62. The Kier molecular flexibility index (Phi) is 7.31. The van der Waals surface area contributed by atoms with Crippen molar-refractivity contribution in [2.45, 2.75) is 58.4 Å². The molecule has 0 aromatic heterocycles. The predicted molar refractivity (Wildman–Crippen MR) is 82.8 cm³/mol. The molecule has 0 fully saturated rings. The third-order valence-corrected chi connectivity index (χ3v) is 3.62. The van der Waals surface area contributed by atoms with Crippen LogP contribution in [0, 0.1) is 0 Å². The second kappa shape index (κ2) is 8.75. The summed E-state index contributed by atoms with van der Waals surface area (Å²) in [6, 6.07) is 8.58. The Labute approximate surface area is 122 Å². The number of rotatable bonds is 8. The number of carbonyl (C=O) groups excluding carboxylic acids is 1. The first-order chi connectivity index (χ1) is 9.56. The van der Waals surface area contributed by atoms with Gasteiger partial charge in [-0.05, 0) is 36.3 Å². The van der Waals surface area contributed by atoms with E-state index in [4.69, 9.17) is 5.11 Å². The minimum Gasteiger partial charge on any atom is -0.396 e. The lowest BCUT2D eigenvalue weighted by molar-refractivity contribution is -0.121. The van der Waals surface area contributed by atoms with Gasteiger partial charge in [-0.2, -0.15) is 0 Å². The molecule has 0 aliphatic heterocycles. The van der Waals surface area contributed by atoms with Crippen LogP contribution in [0.1, 0.15) is 57.1 Å². The number of carbonyl (C=O) groups is 1. The fourth-order valence-electron chi connectivity index (χ4n) is 2.16. The van der Waals surface area contributed by atoms with Crippen molar-refractivity contribution < 1.29 is 9.90 Å². The molecule has 1 atom stereocenters. The van der Waals surface area contributed by atoms with Crippen LogP contribution in [0.25, 0.3) is 0 Å². The molecule has 0 aliphatic rings. The summed E-state index contributed by atoms with van der Waals surface area (Å²) in [4.78, 5) is 11.8. The molecule has 1 unspecified atom stereocenters. The Morgan fingerprint density at radius 2 is 1.90 bits per heavy atom. The second-order valence-electron chi connectivity index (χ2n) is 5.58. The zero-order chi connectivity index (χ0) is 15.0. The van der Waals surface area contributed by atoms with Crippen molar-refractivity contribution in [2.24, 2.45) is 0 Å². The molecule has 0 spiro atoms. The van der Waals surface area contributed by atoms with Crippen LogP contribution in [-0.2, 0) is 11.2 Å². The van der Waals surface area contributed by atoms with Gasteiger partial charge in [0.05, 0.1) is 0 Å². The minimum absolute atomic E-state index is 0.0678. The Hall–Kier alpha value is -1.35. The molecule has 3 heteroatoms. The number of aryl methyl sites for hydroxylation is 1. The van der Waals surface area contributed by atoms with E-state index in [1.807, 2.05) is 6.92 Å². The molecule has 1 aromatic rings. The highest BCUT2D eigenvalue weighted by Crippen LogP contribution is 2.15. The van der Waals surface area contributed by atoms with E-state index < -0.39 is 0 Å². The van der Waals surface area contributed by atoms with Gasteiger partial charge < -0.3 is 10.4 Å². The second-order valence-corrected chi connectivity index (χ2v) is 5.58. The molecule has 3 nitrogen and oxygen atoms in total. The van der Waals surface area contributed by atoms with Crippen molar-refractivity contribution in [3.63, 3.8) is 0 Å². The van der Waals surface area contributed by atoms with Gasteiger partial charge in [0, 0.05) is 19.1 Å². The van der Waals surface area contributed by atoms with Crippen molar-refractivity contribution >= 4 is 5.91 Å². The van der Waals surface area contributed by atoms with Crippen LogP contribution in [0.15, 0.2) is 24.3 Å². The van der Waals surface area contributed by atoms with Crippen molar-refractivity contribution in [2.75, 3.05) is 6.61 Å². The van der Waals surface area contributed by atoms with E-state index in [-0.39, 0.29) is 18.6 Å². The van der Waals surface area contributed by atoms with Gasteiger partial charge in [-0.3, -0.25) is 4.79 Å². The van der Waals surface area contributed by atoms with Gasteiger partial charge in [-0.1, -0.05) is 45.0 Å². The maximum Gasteiger partial charge on any atom is 0.220 e. The fourth-order valence-corrected chi connectivity index (χ4v) is 2.16. The van der Waals surface area contributed by atoms with Gasteiger partial charge in [0.15, 0.2) is 0 Å². The maximum absolute atomic E-state index is 11.8. The van der Waals surface area contributed by atoms with E-state index in [0.717, 1.165) is 12.8 Å². The van der Waals surface area contributed by atoms with Gasteiger partial charge in [0.2, 0.25) is 5.91 Å². The summed E-state index contributed by atoms with van der Waals surface area (Å²) in [7, 11) is 0. The monoisotopic (exact) mass is 277 g/mol. The Morgan fingerprint density at radius 1 is 1.25 bits per heavy atom. The van der Waals surface area contributed by atoms with Gasteiger partial charge in [0.1, 0.15) is 0 Å². The first kappa shape index (κ1) is 16.7. The summed E-state index contributed by atoms with van der Waals surface area (Å²) in [5.41, 5.74) is 2.52. The molecule has 1 amide bonds. The zero-order valence-electron chi connectivity index (χ0n) is 12.9. The SMILES string of the molecule is CCC(CCO)NC(=O)CCc1ccc(C(C)C)cc1. The largest absolute Gasteiger partial charge is 0.396 e. The summed E-state index contributed by atoms with van der Waals surface area (Å²) >= 11 is 0. The topological polar surface area (TPSA) is 49.3 Å². The van der Waals surface area contributed by atoms with Crippen LogP contribution < -0.4 is 5.32 Å². The Bertz CT molecular complexity index is 398. The number of hydrogen-bond acceptors (Lipinski definition) is 2. The van der Waals surface area contributed by atoms with Crippen LogP contribution in [0.4, 0.5) is 0 Å². The lowest BCUT2D eigenvalue weighted by Gasteiger charge is -2.15. The van der Waals surface area contributed by atoms with Crippen molar-refractivity contribution in [1.29, 1.82) is 0 Å². The first-order valence-electron chi connectivity index (χ1n) is 7.55. The number of hydrogen-bond donors (Lipinski definition) is 2. The van der Waals surface area contributed by atoms with Gasteiger partial charge >= 0.3 is 0 Å². The lowest BCUT2D eigenvalue weighted by atomic mass is 10.00. The van der Waals surface area contributed by atoms with Crippen molar-refractivity contribution in [3.05, 3.63) is 35.4 Å². The third kappa shape index (κ3) is 5.74. The van der Waals surface area contributed by atoms with E-state index in [1.54, 1.807) is 0 Å². The van der Waals surface area contributed by atoms with Gasteiger partial charge in [0.25, 0.3) is 0 Å². The molecule has 0 radical (unpaired) electrons. The molecule has 0 bridgehead atoms. The smallest absolute Gasteiger partial charge is 0.220 e. The molecule has 0 heterocycles. The van der Waals surface area contributed by atoms with Crippen LogP contribution in [-0.4, -0.2) is 23.7 Å². The fraction of sp³-hybridized carbons (Fsp3) is 0.588. The lowest BCUT2D eigenvalue weighted by Crippen LogP contribution is -2.35. The van der Waals surface area contributed by atoms with E-state index in [9.17, 15) is 4.79 Å². The number of nitrogens with one attached hydrogen (secondary N) is 1. The molecule has 20 heavy (non-hydrogen) atoms. The quantitative estimate of drug-likeness (QED) is 0.767. The Morgan fingerprint density at radius 3 is 2.40 bits per heavy atom. The number of aliphatic hydroxyl groups is 1. The molecular weight excluding hydrogens is 250 g/mol. The maximum atomic E-state index is 11.8. The molecule has 112 valence electrons. The molecule has 0 aliphatic carbocycles. The summed E-state index contributed by atoms with van der Waals surface area (Å²) in [6.45, 7) is 6.49. The van der Waals surface area contributed by atoms with Crippen LogP contribution in [0.2, 0.25) is 0 Å². The van der Waals surface area contributed by atoms with E-state index in [2.05, 4.69) is 43.4 Å². The molecule has 1 rings (SSSR count). The van der Waals surface area contributed by atoms with E-state index in [0.29, 0.717) is 18.8 Å². The Balaban J connectivity index is 2.40. The van der Waals surface area contributed by atoms with E-state index >= 15 is 0 Å². The summed E-state index contributed by atoms with van der Waals surface area (Å²) in [5, 5.41) is 11.9. The van der Waals surface area contributed by atoms with Crippen LogP contribution >= 0.6 is 0 Å².